The molecule has 1 heterocycles. The highest BCUT2D eigenvalue weighted by Gasteiger charge is 2.31. The normalized spacial score (nSPS) is 21.5. The standard InChI is InChI=1S/C16H23NO2/c1-3-9-16(2,17)15(18)11-14-13-7-5-4-6-12(13)8-10-19-14/h4-7,14H,3,8-11,17H2,1-2H3. The maximum atomic E-state index is 12.3. The van der Waals surface area contributed by atoms with Crippen molar-refractivity contribution in [3.05, 3.63) is 35.4 Å². The van der Waals surface area contributed by atoms with Crippen molar-refractivity contribution in [1.29, 1.82) is 0 Å². The largest absolute Gasteiger partial charge is 0.373 e. The molecule has 2 N–H and O–H groups in total. The smallest absolute Gasteiger partial charge is 0.155 e. The molecule has 3 heteroatoms. The second-order valence-electron chi connectivity index (χ2n) is 5.60. The number of carbonyl (C=O) groups is 1. The molecule has 0 spiro atoms. The zero-order chi connectivity index (χ0) is 13.9. The first-order valence-corrected chi connectivity index (χ1v) is 7.06. The molecule has 1 aromatic rings. The van der Waals surface area contributed by atoms with E-state index in [1.807, 2.05) is 26.0 Å². The van der Waals surface area contributed by atoms with Crippen LogP contribution in [-0.4, -0.2) is 17.9 Å². The van der Waals surface area contributed by atoms with E-state index in [9.17, 15) is 4.79 Å². The number of fused-ring (bicyclic) bond motifs is 1. The fraction of sp³-hybridized carbons (Fsp3) is 0.562. The van der Waals surface area contributed by atoms with Gasteiger partial charge in [-0.15, -0.1) is 0 Å². The molecule has 2 atom stereocenters. The molecular formula is C16H23NO2. The lowest BCUT2D eigenvalue weighted by atomic mass is 9.86. The Bertz CT molecular complexity index is 454. The molecule has 1 aliphatic rings. The second kappa shape index (κ2) is 5.85. The quantitative estimate of drug-likeness (QED) is 0.886. The Kier molecular flexibility index (Phi) is 4.38. The molecule has 0 saturated heterocycles. The topological polar surface area (TPSA) is 52.3 Å². The van der Waals surface area contributed by atoms with E-state index in [2.05, 4.69) is 12.1 Å². The van der Waals surface area contributed by atoms with E-state index in [0.29, 0.717) is 13.0 Å². The number of Topliss-reactive ketones (excluding diaryl/α,β-unsaturated/α-hetero) is 1. The average molecular weight is 261 g/mol. The summed E-state index contributed by atoms with van der Waals surface area (Å²) in [5.41, 5.74) is 7.81. The lowest BCUT2D eigenvalue weighted by molar-refractivity contribution is -0.127. The number of hydrogen-bond acceptors (Lipinski definition) is 3. The number of ether oxygens (including phenoxy) is 1. The first-order valence-electron chi connectivity index (χ1n) is 7.06. The van der Waals surface area contributed by atoms with Crippen LogP contribution < -0.4 is 5.73 Å². The molecular weight excluding hydrogens is 238 g/mol. The van der Waals surface area contributed by atoms with Crippen LogP contribution in [0.2, 0.25) is 0 Å². The summed E-state index contributed by atoms with van der Waals surface area (Å²) in [7, 11) is 0. The van der Waals surface area contributed by atoms with Gasteiger partial charge in [-0.1, -0.05) is 37.6 Å². The van der Waals surface area contributed by atoms with E-state index in [-0.39, 0.29) is 11.9 Å². The third-order valence-electron chi connectivity index (χ3n) is 3.87. The number of carbonyl (C=O) groups excluding carboxylic acids is 1. The van der Waals surface area contributed by atoms with E-state index < -0.39 is 5.54 Å². The fourth-order valence-corrected chi connectivity index (χ4v) is 2.71. The maximum absolute atomic E-state index is 12.3. The van der Waals surface area contributed by atoms with E-state index in [4.69, 9.17) is 10.5 Å². The number of ketones is 1. The molecule has 3 nitrogen and oxygen atoms in total. The highest BCUT2D eigenvalue weighted by atomic mass is 16.5. The summed E-state index contributed by atoms with van der Waals surface area (Å²) in [6.45, 7) is 4.56. The van der Waals surface area contributed by atoms with Crippen molar-refractivity contribution in [3.63, 3.8) is 0 Å². The van der Waals surface area contributed by atoms with Crippen molar-refractivity contribution in [2.45, 2.75) is 51.2 Å². The molecule has 0 radical (unpaired) electrons. The van der Waals surface area contributed by atoms with Crippen LogP contribution in [0, 0.1) is 0 Å². The van der Waals surface area contributed by atoms with Gasteiger partial charge in [0.15, 0.2) is 5.78 Å². The van der Waals surface area contributed by atoms with Crippen molar-refractivity contribution in [2.24, 2.45) is 5.73 Å². The van der Waals surface area contributed by atoms with Crippen LogP contribution >= 0.6 is 0 Å². The Morgan fingerprint density at radius 2 is 2.21 bits per heavy atom. The molecule has 19 heavy (non-hydrogen) atoms. The summed E-state index contributed by atoms with van der Waals surface area (Å²) in [5, 5.41) is 0. The first-order chi connectivity index (χ1) is 9.04. The van der Waals surface area contributed by atoms with Gasteiger partial charge < -0.3 is 10.5 Å². The van der Waals surface area contributed by atoms with E-state index in [0.717, 1.165) is 24.8 Å². The van der Waals surface area contributed by atoms with Gasteiger partial charge in [0.05, 0.1) is 18.2 Å². The van der Waals surface area contributed by atoms with Gasteiger partial charge in [0.1, 0.15) is 0 Å². The van der Waals surface area contributed by atoms with Gasteiger partial charge in [-0.05, 0) is 30.9 Å². The van der Waals surface area contributed by atoms with Gasteiger partial charge >= 0.3 is 0 Å². The van der Waals surface area contributed by atoms with Gasteiger partial charge in [-0.25, -0.2) is 0 Å². The van der Waals surface area contributed by atoms with Crippen LogP contribution in [0.15, 0.2) is 24.3 Å². The summed E-state index contributed by atoms with van der Waals surface area (Å²) in [6, 6.07) is 8.20. The van der Waals surface area contributed by atoms with Crippen molar-refractivity contribution in [1.82, 2.24) is 0 Å². The fourth-order valence-electron chi connectivity index (χ4n) is 2.71. The Labute approximate surface area is 115 Å². The summed E-state index contributed by atoms with van der Waals surface area (Å²) in [4.78, 5) is 12.3. The highest BCUT2D eigenvalue weighted by Crippen LogP contribution is 2.31. The minimum atomic E-state index is -0.732. The zero-order valence-corrected chi connectivity index (χ0v) is 11.8. The predicted octanol–water partition coefficient (Wildman–Crippen LogP) is 2.78. The maximum Gasteiger partial charge on any atom is 0.155 e. The predicted molar refractivity (Wildman–Crippen MR) is 76.0 cm³/mol. The molecule has 1 aliphatic heterocycles. The third kappa shape index (κ3) is 3.23. The van der Waals surface area contributed by atoms with Gasteiger partial charge in [0, 0.05) is 6.42 Å². The lowest BCUT2D eigenvalue weighted by Gasteiger charge is -2.29. The van der Waals surface area contributed by atoms with Gasteiger partial charge in [0.2, 0.25) is 0 Å². The Morgan fingerprint density at radius 1 is 1.47 bits per heavy atom. The van der Waals surface area contributed by atoms with Crippen LogP contribution in [0.25, 0.3) is 0 Å². The summed E-state index contributed by atoms with van der Waals surface area (Å²) in [6.07, 6.45) is 2.82. The van der Waals surface area contributed by atoms with Crippen molar-refractivity contribution in [2.75, 3.05) is 6.61 Å². The Morgan fingerprint density at radius 3 is 2.95 bits per heavy atom. The van der Waals surface area contributed by atoms with Gasteiger partial charge in [-0.2, -0.15) is 0 Å². The third-order valence-corrected chi connectivity index (χ3v) is 3.87. The van der Waals surface area contributed by atoms with Crippen LogP contribution in [0.1, 0.15) is 50.3 Å². The Balaban J connectivity index is 2.11. The second-order valence-corrected chi connectivity index (χ2v) is 5.60. The first kappa shape index (κ1) is 14.2. The monoisotopic (exact) mass is 261 g/mol. The number of benzene rings is 1. The van der Waals surface area contributed by atoms with Crippen molar-refractivity contribution in [3.8, 4) is 0 Å². The zero-order valence-electron chi connectivity index (χ0n) is 11.8. The molecule has 2 rings (SSSR count). The van der Waals surface area contributed by atoms with Crippen LogP contribution in [0.5, 0.6) is 0 Å². The molecule has 0 fully saturated rings. The Hall–Kier alpha value is -1.19. The van der Waals surface area contributed by atoms with Crippen LogP contribution in [0.3, 0.4) is 0 Å². The minimum Gasteiger partial charge on any atom is -0.373 e. The molecule has 1 aromatic carbocycles. The average Bonchev–Trinajstić information content (AvgIpc) is 2.39. The molecule has 0 bridgehead atoms. The summed E-state index contributed by atoms with van der Waals surface area (Å²) in [5.74, 6) is 0.0936. The molecule has 0 aromatic heterocycles. The number of nitrogens with two attached hydrogens (primary N) is 1. The van der Waals surface area contributed by atoms with Crippen molar-refractivity contribution < 1.29 is 9.53 Å². The summed E-state index contributed by atoms with van der Waals surface area (Å²) >= 11 is 0. The van der Waals surface area contributed by atoms with Crippen molar-refractivity contribution >= 4 is 5.78 Å². The minimum absolute atomic E-state index is 0.0936. The molecule has 0 saturated carbocycles. The van der Waals surface area contributed by atoms with E-state index in [1.165, 1.54) is 5.56 Å². The van der Waals surface area contributed by atoms with Gasteiger partial charge in [0.25, 0.3) is 0 Å². The lowest BCUT2D eigenvalue weighted by Crippen LogP contribution is -2.45. The summed E-state index contributed by atoms with van der Waals surface area (Å²) < 4.78 is 5.77. The number of hydrogen-bond donors (Lipinski definition) is 1. The highest BCUT2D eigenvalue weighted by molar-refractivity contribution is 5.88. The SMILES string of the molecule is CCCC(C)(N)C(=O)CC1OCCc2ccccc21. The molecule has 2 unspecified atom stereocenters. The molecule has 104 valence electrons. The van der Waals surface area contributed by atoms with E-state index >= 15 is 0 Å². The molecule has 0 amide bonds. The van der Waals surface area contributed by atoms with E-state index in [1.54, 1.807) is 0 Å². The number of rotatable bonds is 5. The van der Waals surface area contributed by atoms with Crippen LogP contribution in [0.4, 0.5) is 0 Å². The molecule has 0 aliphatic carbocycles. The van der Waals surface area contributed by atoms with Gasteiger partial charge in [-0.3, -0.25) is 4.79 Å². The van der Waals surface area contributed by atoms with Crippen LogP contribution in [-0.2, 0) is 16.0 Å².